The maximum absolute atomic E-state index is 5.97. The molecule has 5 heteroatoms. The Morgan fingerprint density at radius 1 is 0.885 bits per heavy atom. The number of para-hydroxylation sites is 1. The van der Waals surface area contributed by atoms with Gasteiger partial charge in [0.2, 0.25) is 0 Å². The largest absolute Gasteiger partial charge is 0.332 e. The van der Waals surface area contributed by atoms with Gasteiger partial charge in [-0.3, -0.25) is 0 Å². The molecule has 0 spiro atoms. The monoisotopic (exact) mass is 398 g/mol. The summed E-state index contributed by atoms with van der Waals surface area (Å²) >= 11 is 13.1. The summed E-state index contributed by atoms with van der Waals surface area (Å²) < 4.78 is 0. The van der Waals surface area contributed by atoms with E-state index >= 15 is 0 Å². The van der Waals surface area contributed by atoms with Crippen LogP contribution in [-0.4, -0.2) is 5.11 Å². The van der Waals surface area contributed by atoms with Gasteiger partial charge in [-0.05, 0) is 85.7 Å². The van der Waals surface area contributed by atoms with Crippen LogP contribution in [0.1, 0.15) is 11.1 Å². The predicted molar refractivity (Wildman–Crippen MR) is 118 cm³/mol. The first-order valence-electron chi connectivity index (χ1n) is 8.18. The Bertz CT molecular complexity index is 903. The molecular weight excluding hydrogens is 380 g/mol. The number of halogens is 1. The lowest BCUT2D eigenvalue weighted by atomic mass is 10.1. The Morgan fingerprint density at radius 2 is 1.54 bits per heavy atom. The predicted octanol–water partition coefficient (Wildman–Crippen LogP) is 6.92. The third-order valence-electron chi connectivity index (χ3n) is 3.66. The molecule has 3 rings (SSSR count). The molecule has 0 aliphatic rings. The molecule has 2 nitrogen and oxygen atoms in total. The quantitative estimate of drug-likeness (QED) is 0.466. The summed E-state index contributed by atoms with van der Waals surface area (Å²) in [4.78, 5) is 2.22. The highest BCUT2D eigenvalue weighted by Crippen LogP contribution is 2.34. The minimum absolute atomic E-state index is 0.569. The van der Waals surface area contributed by atoms with E-state index in [4.69, 9.17) is 23.8 Å². The van der Waals surface area contributed by atoms with Crippen molar-refractivity contribution in [3.8, 4) is 0 Å². The van der Waals surface area contributed by atoms with Gasteiger partial charge in [-0.15, -0.1) is 0 Å². The summed E-state index contributed by atoms with van der Waals surface area (Å²) in [6, 6.07) is 22.2. The Balaban J connectivity index is 1.73. The zero-order valence-corrected chi connectivity index (χ0v) is 16.9. The first-order valence-corrected chi connectivity index (χ1v) is 9.78. The van der Waals surface area contributed by atoms with Crippen molar-refractivity contribution in [2.75, 3.05) is 10.6 Å². The van der Waals surface area contributed by atoms with Gasteiger partial charge in [0.1, 0.15) is 0 Å². The summed E-state index contributed by atoms with van der Waals surface area (Å²) in [6.45, 7) is 4.15. The van der Waals surface area contributed by atoms with Crippen molar-refractivity contribution in [2.24, 2.45) is 0 Å². The molecule has 0 saturated carbocycles. The van der Waals surface area contributed by atoms with Crippen LogP contribution in [0.3, 0.4) is 0 Å². The van der Waals surface area contributed by atoms with E-state index in [1.807, 2.05) is 42.5 Å². The van der Waals surface area contributed by atoms with Gasteiger partial charge < -0.3 is 10.6 Å². The Morgan fingerprint density at radius 3 is 2.23 bits per heavy atom. The van der Waals surface area contributed by atoms with Crippen LogP contribution in [0.2, 0.25) is 5.02 Å². The number of hydrogen-bond donors (Lipinski definition) is 2. The molecule has 0 unspecified atom stereocenters. The van der Waals surface area contributed by atoms with E-state index in [1.165, 1.54) is 11.1 Å². The number of aryl methyl sites for hydroxylation is 2. The minimum atomic E-state index is 0.569. The topological polar surface area (TPSA) is 24.1 Å². The molecule has 132 valence electrons. The van der Waals surface area contributed by atoms with Crippen molar-refractivity contribution in [3.05, 3.63) is 82.9 Å². The molecular formula is C21H19ClN2S2. The van der Waals surface area contributed by atoms with Crippen LogP contribution in [0.5, 0.6) is 0 Å². The van der Waals surface area contributed by atoms with E-state index in [0.29, 0.717) is 5.11 Å². The smallest absolute Gasteiger partial charge is 0.175 e. The van der Waals surface area contributed by atoms with E-state index in [2.05, 4.69) is 48.7 Å². The lowest BCUT2D eigenvalue weighted by molar-refractivity contribution is 1.38. The second-order valence-electron chi connectivity index (χ2n) is 6.01. The third-order valence-corrected chi connectivity index (χ3v) is 5.20. The van der Waals surface area contributed by atoms with Gasteiger partial charge in [0.15, 0.2) is 5.11 Å². The molecule has 0 bridgehead atoms. The van der Waals surface area contributed by atoms with E-state index in [9.17, 15) is 0 Å². The van der Waals surface area contributed by atoms with Crippen molar-refractivity contribution in [2.45, 2.75) is 23.6 Å². The zero-order valence-electron chi connectivity index (χ0n) is 14.5. The normalized spacial score (nSPS) is 10.4. The zero-order chi connectivity index (χ0) is 18.5. The number of thiocarbonyl (C=S) groups is 1. The first-order chi connectivity index (χ1) is 12.5. The number of rotatable bonds is 4. The van der Waals surface area contributed by atoms with Crippen LogP contribution < -0.4 is 10.6 Å². The maximum atomic E-state index is 5.97. The van der Waals surface area contributed by atoms with Gasteiger partial charge in [0.25, 0.3) is 0 Å². The van der Waals surface area contributed by atoms with E-state index in [0.717, 1.165) is 26.2 Å². The fraction of sp³-hybridized carbons (Fsp3) is 0.0952. The van der Waals surface area contributed by atoms with Crippen molar-refractivity contribution in [1.82, 2.24) is 0 Å². The lowest BCUT2D eigenvalue weighted by Crippen LogP contribution is -2.19. The first kappa shape index (κ1) is 18.8. The average molecular weight is 399 g/mol. The van der Waals surface area contributed by atoms with Crippen LogP contribution in [0.25, 0.3) is 0 Å². The number of benzene rings is 3. The van der Waals surface area contributed by atoms with Crippen LogP contribution >= 0.6 is 35.6 Å². The molecule has 2 N–H and O–H groups in total. The minimum Gasteiger partial charge on any atom is -0.332 e. The molecule has 3 aromatic carbocycles. The molecule has 0 aliphatic heterocycles. The molecule has 26 heavy (non-hydrogen) atoms. The Hall–Kier alpha value is -2.01. The van der Waals surface area contributed by atoms with Crippen molar-refractivity contribution in [3.63, 3.8) is 0 Å². The molecule has 0 atom stereocenters. The van der Waals surface area contributed by atoms with Gasteiger partial charge in [0, 0.05) is 20.5 Å². The SMILES string of the molecule is Cc1cc(C)cc(NC(=S)Nc2ccccc2Sc2ccc(Cl)cc2)c1. The van der Waals surface area contributed by atoms with Crippen LogP contribution in [-0.2, 0) is 0 Å². The summed E-state index contributed by atoms with van der Waals surface area (Å²) in [5.41, 5.74) is 4.36. The van der Waals surface area contributed by atoms with E-state index < -0.39 is 0 Å². The summed E-state index contributed by atoms with van der Waals surface area (Å²) in [7, 11) is 0. The number of nitrogens with one attached hydrogen (secondary N) is 2. The molecule has 0 radical (unpaired) electrons. The summed E-state index contributed by atoms with van der Waals surface area (Å²) in [5, 5.41) is 7.87. The second-order valence-corrected chi connectivity index (χ2v) is 7.97. The van der Waals surface area contributed by atoms with Gasteiger partial charge in [-0.1, -0.05) is 41.6 Å². The van der Waals surface area contributed by atoms with Gasteiger partial charge in [-0.2, -0.15) is 0 Å². The molecule has 0 fully saturated rings. The van der Waals surface area contributed by atoms with Gasteiger partial charge in [0.05, 0.1) is 5.69 Å². The summed E-state index contributed by atoms with van der Waals surface area (Å²) in [5.74, 6) is 0. The Labute approximate surface area is 169 Å². The highest BCUT2D eigenvalue weighted by Gasteiger charge is 2.07. The van der Waals surface area contributed by atoms with E-state index in [-0.39, 0.29) is 0 Å². The molecule has 0 heterocycles. The standard InChI is InChI=1S/C21H19ClN2S2/c1-14-11-15(2)13-17(12-14)23-21(25)24-19-5-3-4-6-20(19)26-18-9-7-16(22)8-10-18/h3-13H,1-2H3,(H2,23,24,25). The van der Waals surface area contributed by atoms with Gasteiger partial charge >= 0.3 is 0 Å². The third kappa shape index (κ3) is 5.24. The van der Waals surface area contributed by atoms with Crippen molar-refractivity contribution in [1.29, 1.82) is 0 Å². The van der Waals surface area contributed by atoms with Crippen LogP contribution in [0, 0.1) is 13.8 Å². The number of hydrogen-bond acceptors (Lipinski definition) is 2. The molecule has 3 aromatic rings. The maximum Gasteiger partial charge on any atom is 0.175 e. The fourth-order valence-electron chi connectivity index (χ4n) is 2.62. The van der Waals surface area contributed by atoms with Crippen molar-refractivity contribution < 1.29 is 0 Å². The highest BCUT2D eigenvalue weighted by atomic mass is 35.5. The van der Waals surface area contributed by atoms with E-state index in [1.54, 1.807) is 11.8 Å². The molecule has 0 aromatic heterocycles. The molecule has 0 saturated heterocycles. The second kappa shape index (κ2) is 8.58. The van der Waals surface area contributed by atoms with Crippen molar-refractivity contribution >= 4 is 52.1 Å². The average Bonchev–Trinajstić information content (AvgIpc) is 2.57. The Kier molecular flexibility index (Phi) is 6.20. The lowest BCUT2D eigenvalue weighted by Gasteiger charge is -2.14. The highest BCUT2D eigenvalue weighted by molar-refractivity contribution is 7.99. The molecule has 0 aliphatic carbocycles. The number of anilines is 2. The summed E-state index contributed by atoms with van der Waals surface area (Å²) in [6.07, 6.45) is 0. The molecule has 0 amide bonds. The fourth-order valence-corrected chi connectivity index (χ4v) is 3.88. The van der Waals surface area contributed by atoms with Gasteiger partial charge in [-0.25, -0.2) is 0 Å². The van der Waals surface area contributed by atoms with Crippen LogP contribution in [0.15, 0.2) is 76.5 Å². The van der Waals surface area contributed by atoms with Crippen LogP contribution in [0.4, 0.5) is 11.4 Å².